The molecule has 0 heterocycles. The molecule has 132 valence electrons. The lowest BCUT2D eigenvalue weighted by Crippen LogP contribution is -2.38. The van der Waals surface area contributed by atoms with Crippen LogP contribution in [0.15, 0.2) is 24.3 Å². The van der Waals surface area contributed by atoms with Crippen LogP contribution >= 0.6 is 0 Å². The fraction of sp³-hybridized carbons (Fsp3) is 0.556. The molecule has 6 nitrogen and oxygen atoms in total. The second kappa shape index (κ2) is 9.15. The number of ether oxygens (including phenoxy) is 2. The van der Waals surface area contributed by atoms with Crippen molar-refractivity contribution < 1.29 is 24.2 Å². The third-order valence-electron chi connectivity index (χ3n) is 4.32. The lowest BCUT2D eigenvalue weighted by molar-refractivity contribution is -0.142. The summed E-state index contributed by atoms with van der Waals surface area (Å²) >= 11 is 0. The zero-order valence-corrected chi connectivity index (χ0v) is 14.0. The molecule has 0 spiro atoms. The summed E-state index contributed by atoms with van der Waals surface area (Å²) in [6.07, 6.45) is 3.81. The number of benzene rings is 1. The first kappa shape index (κ1) is 18.1. The predicted octanol–water partition coefficient (Wildman–Crippen LogP) is 2.61. The maximum absolute atomic E-state index is 11.9. The van der Waals surface area contributed by atoms with Crippen LogP contribution in [0.1, 0.15) is 38.5 Å². The minimum Gasteiger partial charge on any atom is -0.497 e. The number of hydrogen-bond donors (Lipinski definition) is 2. The molecule has 24 heavy (non-hydrogen) atoms. The van der Waals surface area contributed by atoms with Gasteiger partial charge in [-0.3, -0.25) is 9.59 Å². The number of aliphatic carboxylic acids is 1. The molecule has 0 aliphatic heterocycles. The molecular formula is C18H25NO5. The molecular weight excluding hydrogens is 310 g/mol. The Hall–Kier alpha value is -2.24. The zero-order chi connectivity index (χ0) is 17.4. The van der Waals surface area contributed by atoms with E-state index in [9.17, 15) is 9.59 Å². The first-order valence-corrected chi connectivity index (χ1v) is 8.37. The van der Waals surface area contributed by atoms with E-state index in [4.69, 9.17) is 14.6 Å². The average molecular weight is 335 g/mol. The van der Waals surface area contributed by atoms with Crippen molar-refractivity contribution in [3.8, 4) is 11.5 Å². The van der Waals surface area contributed by atoms with Crippen molar-refractivity contribution in [3.05, 3.63) is 24.3 Å². The summed E-state index contributed by atoms with van der Waals surface area (Å²) in [6.45, 7) is 0.478. The van der Waals surface area contributed by atoms with Crippen molar-refractivity contribution in [1.82, 2.24) is 5.32 Å². The Kier molecular flexibility index (Phi) is 6.90. The molecule has 1 amide bonds. The molecule has 1 aromatic carbocycles. The largest absolute Gasteiger partial charge is 0.497 e. The van der Waals surface area contributed by atoms with E-state index in [0.717, 1.165) is 24.3 Å². The highest BCUT2D eigenvalue weighted by atomic mass is 16.5. The van der Waals surface area contributed by atoms with Crippen molar-refractivity contribution in [3.63, 3.8) is 0 Å². The molecule has 1 aromatic rings. The van der Waals surface area contributed by atoms with Gasteiger partial charge >= 0.3 is 5.97 Å². The van der Waals surface area contributed by atoms with Gasteiger partial charge in [0.15, 0.2) is 0 Å². The van der Waals surface area contributed by atoms with Gasteiger partial charge in [-0.1, -0.05) is 0 Å². The van der Waals surface area contributed by atoms with Gasteiger partial charge in [0.05, 0.1) is 19.6 Å². The van der Waals surface area contributed by atoms with Crippen LogP contribution in [0.3, 0.4) is 0 Å². The van der Waals surface area contributed by atoms with Gasteiger partial charge in [0.2, 0.25) is 5.91 Å². The number of carboxylic acid groups (broad SMARTS) is 1. The van der Waals surface area contributed by atoms with Crippen LogP contribution in [0.2, 0.25) is 0 Å². The highest BCUT2D eigenvalue weighted by Crippen LogP contribution is 2.24. The van der Waals surface area contributed by atoms with Crippen molar-refractivity contribution in [2.45, 2.75) is 44.6 Å². The molecule has 1 aliphatic rings. The quantitative estimate of drug-likeness (QED) is 0.713. The summed E-state index contributed by atoms with van der Waals surface area (Å²) in [5.74, 6) is 0.557. The van der Waals surface area contributed by atoms with E-state index in [1.165, 1.54) is 0 Å². The van der Waals surface area contributed by atoms with E-state index in [1.54, 1.807) is 7.11 Å². The van der Waals surface area contributed by atoms with Gasteiger partial charge in [-0.2, -0.15) is 0 Å². The van der Waals surface area contributed by atoms with Crippen molar-refractivity contribution in [2.24, 2.45) is 5.92 Å². The molecule has 0 saturated heterocycles. The van der Waals surface area contributed by atoms with E-state index in [0.29, 0.717) is 32.3 Å². The topological polar surface area (TPSA) is 84.9 Å². The molecule has 2 rings (SSSR count). The molecule has 1 aliphatic carbocycles. The standard InChI is InChI=1S/C18H25NO5/c1-23-15-8-10-16(11-9-15)24-12-2-3-17(20)19-14-6-4-13(5-7-14)18(21)22/h8-11,13-14H,2-7,12H2,1H3,(H,19,20)(H,21,22). The summed E-state index contributed by atoms with van der Waals surface area (Å²) in [5.41, 5.74) is 0. The van der Waals surface area contributed by atoms with Gasteiger partial charge in [-0.25, -0.2) is 0 Å². The summed E-state index contributed by atoms with van der Waals surface area (Å²) in [6, 6.07) is 7.43. The van der Waals surface area contributed by atoms with Gasteiger partial charge in [-0.15, -0.1) is 0 Å². The molecule has 6 heteroatoms. The lowest BCUT2D eigenvalue weighted by Gasteiger charge is -2.26. The van der Waals surface area contributed by atoms with Gasteiger partial charge in [0.25, 0.3) is 0 Å². The highest BCUT2D eigenvalue weighted by Gasteiger charge is 2.26. The summed E-state index contributed by atoms with van der Waals surface area (Å²) < 4.78 is 10.7. The van der Waals surface area contributed by atoms with Crippen LogP contribution in [0, 0.1) is 5.92 Å². The Labute approximate surface area is 142 Å². The van der Waals surface area contributed by atoms with Gasteiger partial charge in [0.1, 0.15) is 11.5 Å². The number of methoxy groups -OCH3 is 1. The molecule has 0 radical (unpaired) electrons. The summed E-state index contributed by atoms with van der Waals surface area (Å²) in [7, 11) is 1.61. The molecule has 0 bridgehead atoms. The zero-order valence-electron chi connectivity index (χ0n) is 14.0. The highest BCUT2D eigenvalue weighted by molar-refractivity contribution is 5.76. The van der Waals surface area contributed by atoms with Gasteiger partial charge < -0.3 is 19.9 Å². The van der Waals surface area contributed by atoms with E-state index in [2.05, 4.69) is 5.32 Å². The van der Waals surface area contributed by atoms with E-state index in [-0.39, 0.29) is 17.9 Å². The van der Waals surface area contributed by atoms with Crippen LogP contribution in [-0.4, -0.2) is 36.7 Å². The third-order valence-corrected chi connectivity index (χ3v) is 4.32. The van der Waals surface area contributed by atoms with Crippen molar-refractivity contribution in [1.29, 1.82) is 0 Å². The maximum atomic E-state index is 11.9. The van der Waals surface area contributed by atoms with E-state index in [1.807, 2.05) is 24.3 Å². The number of carbonyl (C=O) groups is 2. The fourth-order valence-corrected chi connectivity index (χ4v) is 2.88. The number of amides is 1. The summed E-state index contributed by atoms with van der Waals surface area (Å²) in [4.78, 5) is 22.8. The molecule has 0 unspecified atom stereocenters. The van der Waals surface area contributed by atoms with Gasteiger partial charge in [-0.05, 0) is 56.4 Å². The maximum Gasteiger partial charge on any atom is 0.306 e. The Morgan fingerprint density at radius 3 is 2.33 bits per heavy atom. The molecule has 1 saturated carbocycles. The number of carbonyl (C=O) groups excluding carboxylic acids is 1. The second-order valence-electron chi connectivity index (χ2n) is 6.08. The SMILES string of the molecule is COc1ccc(OCCCC(=O)NC2CCC(C(=O)O)CC2)cc1. The number of hydrogen-bond acceptors (Lipinski definition) is 4. The van der Waals surface area contributed by atoms with Crippen LogP contribution in [-0.2, 0) is 9.59 Å². The minimum atomic E-state index is -0.726. The minimum absolute atomic E-state index is 0.00658. The molecule has 0 aromatic heterocycles. The Morgan fingerprint density at radius 2 is 1.75 bits per heavy atom. The van der Waals surface area contributed by atoms with E-state index < -0.39 is 5.97 Å². The number of carboxylic acids is 1. The predicted molar refractivity (Wildman–Crippen MR) is 89.2 cm³/mol. The van der Waals surface area contributed by atoms with Crippen LogP contribution in [0.4, 0.5) is 0 Å². The van der Waals surface area contributed by atoms with Gasteiger partial charge in [0, 0.05) is 12.5 Å². The van der Waals surface area contributed by atoms with Crippen LogP contribution < -0.4 is 14.8 Å². The fourth-order valence-electron chi connectivity index (χ4n) is 2.88. The van der Waals surface area contributed by atoms with Crippen LogP contribution in [0.5, 0.6) is 11.5 Å². The Morgan fingerprint density at radius 1 is 1.12 bits per heavy atom. The van der Waals surface area contributed by atoms with Crippen molar-refractivity contribution in [2.75, 3.05) is 13.7 Å². The number of rotatable bonds is 8. The Balaban J connectivity index is 1.59. The number of nitrogens with one attached hydrogen (secondary N) is 1. The first-order valence-electron chi connectivity index (χ1n) is 8.37. The van der Waals surface area contributed by atoms with E-state index >= 15 is 0 Å². The normalized spacial score (nSPS) is 20.2. The lowest BCUT2D eigenvalue weighted by atomic mass is 9.86. The first-order chi connectivity index (χ1) is 11.6. The smallest absolute Gasteiger partial charge is 0.306 e. The average Bonchev–Trinajstić information content (AvgIpc) is 2.59. The molecule has 2 N–H and O–H groups in total. The monoisotopic (exact) mass is 335 g/mol. The van der Waals surface area contributed by atoms with Crippen molar-refractivity contribution >= 4 is 11.9 Å². The Bertz CT molecular complexity index is 535. The second-order valence-corrected chi connectivity index (χ2v) is 6.08. The molecule has 1 fully saturated rings. The van der Waals surface area contributed by atoms with Crippen LogP contribution in [0.25, 0.3) is 0 Å². The summed E-state index contributed by atoms with van der Waals surface area (Å²) in [5, 5.41) is 12.0. The molecule has 0 atom stereocenters. The third kappa shape index (κ3) is 5.76.